The van der Waals surface area contributed by atoms with E-state index in [1.807, 2.05) is 18.2 Å². The lowest BCUT2D eigenvalue weighted by molar-refractivity contribution is -0.118. The minimum atomic E-state index is -0.487. The van der Waals surface area contributed by atoms with E-state index < -0.39 is 5.91 Å². The highest BCUT2D eigenvalue weighted by atomic mass is 16.7. The first-order chi connectivity index (χ1) is 14.1. The zero-order chi connectivity index (χ0) is 20.2. The Morgan fingerprint density at radius 3 is 2.48 bits per heavy atom. The first-order valence-electron chi connectivity index (χ1n) is 9.91. The van der Waals surface area contributed by atoms with Crippen LogP contribution >= 0.6 is 0 Å². The molecule has 0 bridgehead atoms. The lowest BCUT2D eigenvalue weighted by atomic mass is 10.1. The molecule has 2 aliphatic rings. The molecule has 3 N–H and O–H groups in total. The third kappa shape index (κ3) is 4.68. The third-order valence-electron chi connectivity index (χ3n) is 5.46. The van der Waals surface area contributed by atoms with Crippen molar-refractivity contribution in [3.05, 3.63) is 53.6 Å². The number of rotatable bonds is 7. The van der Waals surface area contributed by atoms with Gasteiger partial charge in [0.15, 0.2) is 11.5 Å². The van der Waals surface area contributed by atoms with Crippen LogP contribution in [0.4, 0.5) is 5.69 Å². The number of nitrogens with zero attached hydrogens (tertiary/aromatic N) is 1. The molecule has 0 atom stereocenters. The van der Waals surface area contributed by atoms with Gasteiger partial charge in [0.05, 0.1) is 6.54 Å². The smallest absolute Gasteiger partial charge is 0.248 e. The monoisotopic (exact) mass is 395 g/mol. The van der Waals surface area contributed by atoms with Crippen molar-refractivity contribution in [1.82, 2.24) is 4.90 Å². The van der Waals surface area contributed by atoms with E-state index in [1.165, 1.54) is 12.8 Å². The highest BCUT2D eigenvalue weighted by Crippen LogP contribution is 2.33. The molecule has 7 heteroatoms. The van der Waals surface area contributed by atoms with Crippen molar-refractivity contribution in [3.8, 4) is 11.5 Å². The molecular weight excluding hydrogens is 370 g/mol. The second-order valence-electron chi connectivity index (χ2n) is 7.52. The van der Waals surface area contributed by atoms with Crippen LogP contribution < -0.4 is 20.5 Å². The molecule has 1 saturated carbocycles. The molecule has 1 heterocycles. The minimum Gasteiger partial charge on any atom is -0.454 e. The van der Waals surface area contributed by atoms with Gasteiger partial charge in [0.25, 0.3) is 0 Å². The van der Waals surface area contributed by atoms with Crippen molar-refractivity contribution in [3.63, 3.8) is 0 Å². The fraction of sp³-hybridized carbons (Fsp3) is 0.364. The van der Waals surface area contributed by atoms with E-state index in [0.717, 1.165) is 29.9 Å². The minimum absolute atomic E-state index is 0.0792. The van der Waals surface area contributed by atoms with Crippen LogP contribution in [0.2, 0.25) is 0 Å². The van der Waals surface area contributed by atoms with E-state index in [9.17, 15) is 9.59 Å². The van der Waals surface area contributed by atoms with Gasteiger partial charge in [0, 0.05) is 23.8 Å². The number of carbonyl (C=O) groups is 2. The Morgan fingerprint density at radius 2 is 1.76 bits per heavy atom. The zero-order valence-electron chi connectivity index (χ0n) is 16.2. The average molecular weight is 395 g/mol. The lowest BCUT2D eigenvalue weighted by Crippen LogP contribution is -2.39. The van der Waals surface area contributed by atoms with Gasteiger partial charge in [-0.2, -0.15) is 0 Å². The number of hydrogen-bond donors (Lipinski definition) is 2. The first kappa shape index (κ1) is 19.3. The summed E-state index contributed by atoms with van der Waals surface area (Å²) in [6, 6.07) is 12.9. The largest absolute Gasteiger partial charge is 0.454 e. The van der Waals surface area contributed by atoms with E-state index in [0.29, 0.717) is 30.4 Å². The number of carbonyl (C=O) groups excluding carboxylic acids is 2. The molecule has 0 saturated heterocycles. The van der Waals surface area contributed by atoms with Crippen LogP contribution in [0.3, 0.4) is 0 Å². The predicted octanol–water partition coefficient (Wildman–Crippen LogP) is 2.90. The lowest BCUT2D eigenvalue weighted by Gasteiger charge is -2.28. The molecule has 2 aromatic carbocycles. The van der Waals surface area contributed by atoms with Crippen LogP contribution in [0.1, 0.15) is 41.6 Å². The van der Waals surface area contributed by atoms with E-state index in [1.54, 1.807) is 24.3 Å². The summed E-state index contributed by atoms with van der Waals surface area (Å²) in [4.78, 5) is 26.1. The number of hydrogen-bond acceptors (Lipinski definition) is 5. The summed E-state index contributed by atoms with van der Waals surface area (Å²) in [5.41, 5.74) is 7.42. The normalized spacial score (nSPS) is 15.6. The number of nitrogens with one attached hydrogen (secondary N) is 1. The molecule has 0 radical (unpaired) electrons. The standard InChI is InChI=1S/C22H25N3O4/c23-22(27)16-6-8-17(9-7-16)24-21(26)13-25(18-3-1-2-4-18)12-15-5-10-19-20(11-15)29-14-28-19/h5-11,18H,1-4,12-14H2,(H2,23,27)(H,24,26). The van der Waals surface area contributed by atoms with E-state index in [2.05, 4.69) is 10.2 Å². The van der Waals surface area contributed by atoms with Gasteiger partial charge in [-0.3, -0.25) is 14.5 Å². The van der Waals surface area contributed by atoms with Crippen molar-refractivity contribution in [2.45, 2.75) is 38.3 Å². The Bertz CT molecular complexity index is 891. The van der Waals surface area contributed by atoms with Crippen molar-refractivity contribution in [2.75, 3.05) is 18.7 Å². The Kier molecular flexibility index (Phi) is 5.67. The highest BCUT2D eigenvalue weighted by molar-refractivity contribution is 5.95. The van der Waals surface area contributed by atoms with Gasteiger partial charge in [-0.15, -0.1) is 0 Å². The quantitative estimate of drug-likeness (QED) is 0.752. The molecule has 2 amide bonds. The van der Waals surface area contributed by atoms with Crippen LogP contribution in [-0.4, -0.2) is 36.1 Å². The highest BCUT2D eigenvalue weighted by Gasteiger charge is 2.25. The van der Waals surface area contributed by atoms with Crippen LogP contribution in [-0.2, 0) is 11.3 Å². The van der Waals surface area contributed by atoms with Gasteiger partial charge in [0.1, 0.15) is 0 Å². The summed E-state index contributed by atoms with van der Waals surface area (Å²) in [6.07, 6.45) is 4.59. The van der Waals surface area contributed by atoms with Crippen molar-refractivity contribution in [1.29, 1.82) is 0 Å². The maximum atomic E-state index is 12.7. The van der Waals surface area contributed by atoms with Gasteiger partial charge in [-0.1, -0.05) is 18.9 Å². The van der Waals surface area contributed by atoms with E-state index >= 15 is 0 Å². The van der Waals surface area contributed by atoms with Gasteiger partial charge in [0.2, 0.25) is 18.6 Å². The Morgan fingerprint density at radius 1 is 1.03 bits per heavy atom. The van der Waals surface area contributed by atoms with Gasteiger partial charge < -0.3 is 20.5 Å². The number of amides is 2. The summed E-state index contributed by atoms with van der Waals surface area (Å²) >= 11 is 0. The number of fused-ring (bicyclic) bond motifs is 1. The Labute approximate surface area is 169 Å². The maximum Gasteiger partial charge on any atom is 0.248 e. The number of nitrogens with two attached hydrogens (primary N) is 1. The maximum absolute atomic E-state index is 12.7. The van der Waals surface area contributed by atoms with Gasteiger partial charge in [-0.05, 0) is 54.8 Å². The summed E-state index contributed by atoms with van der Waals surface area (Å²) in [6.45, 7) is 1.23. The second-order valence-corrected chi connectivity index (χ2v) is 7.52. The number of primary amides is 1. The van der Waals surface area contributed by atoms with Crippen LogP contribution in [0.25, 0.3) is 0 Å². The first-order valence-corrected chi connectivity index (χ1v) is 9.91. The molecule has 0 spiro atoms. The SMILES string of the molecule is NC(=O)c1ccc(NC(=O)CN(Cc2ccc3c(c2)OCO3)C2CCCC2)cc1. The number of benzene rings is 2. The molecule has 152 valence electrons. The molecule has 1 fully saturated rings. The third-order valence-corrected chi connectivity index (χ3v) is 5.46. The predicted molar refractivity (Wildman–Crippen MR) is 109 cm³/mol. The molecular formula is C22H25N3O4. The van der Waals surface area contributed by atoms with Crippen LogP contribution in [0.15, 0.2) is 42.5 Å². The molecule has 0 unspecified atom stereocenters. The molecule has 1 aliphatic heterocycles. The van der Waals surface area contributed by atoms with Gasteiger partial charge in [-0.25, -0.2) is 0 Å². The van der Waals surface area contributed by atoms with E-state index in [4.69, 9.17) is 15.2 Å². The molecule has 4 rings (SSSR count). The molecule has 29 heavy (non-hydrogen) atoms. The molecule has 2 aromatic rings. The summed E-state index contributed by atoms with van der Waals surface area (Å²) in [5.74, 6) is 0.953. The average Bonchev–Trinajstić information content (AvgIpc) is 3.39. The van der Waals surface area contributed by atoms with Crippen molar-refractivity contribution >= 4 is 17.5 Å². The molecule has 0 aromatic heterocycles. The Hall–Kier alpha value is -3.06. The van der Waals surface area contributed by atoms with Crippen LogP contribution in [0.5, 0.6) is 11.5 Å². The fourth-order valence-electron chi connectivity index (χ4n) is 3.96. The molecule has 1 aliphatic carbocycles. The van der Waals surface area contributed by atoms with Crippen molar-refractivity contribution in [2.24, 2.45) is 5.73 Å². The molecule has 7 nitrogen and oxygen atoms in total. The zero-order valence-corrected chi connectivity index (χ0v) is 16.2. The summed E-state index contributed by atoms with van der Waals surface area (Å²) in [7, 11) is 0. The summed E-state index contributed by atoms with van der Waals surface area (Å²) in [5, 5.41) is 2.91. The van der Waals surface area contributed by atoms with E-state index in [-0.39, 0.29) is 12.7 Å². The Balaban J connectivity index is 1.42. The number of ether oxygens (including phenoxy) is 2. The van der Waals surface area contributed by atoms with Crippen LogP contribution in [0, 0.1) is 0 Å². The van der Waals surface area contributed by atoms with Crippen molar-refractivity contribution < 1.29 is 19.1 Å². The second kappa shape index (κ2) is 8.53. The topological polar surface area (TPSA) is 93.9 Å². The van der Waals surface area contributed by atoms with Gasteiger partial charge >= 0.3 is 0 Å². The number of anilines is 1. The fourth-order valence-corrected chi connectivity index (χ4v) is 3.96. The summed E-state index contributed by atoms with van der Waals surface area (Å²) < 4.78 is 10.9.